The average Bonchev–Trinajstić information content (AvgIpc) is 2.44. The average molecular weight is 261 g/mol. The molecule has 1 aromatic rings. The van der Waals surface area contributed by atoms with E-state index in [1.165, 1.54) is 23.4 Å². The van der Waals surface area contributed by atoms with E-state index in [1.54, 1.807) is 0 Å². The number of hydrogen-bond donors (Lipinski definition) is 1. The molecule has 1 N–H and O–H groups in total. The molecule has 0 amide bonds. The van der Waals surface area contributed by atoms with Gasteiger partial charge in [-0.25, -0.2) is 4.98 Å². The SMILES string of the molecule is CC(C)OCc1ccnc2c1CCC1CNCCN21. The Hall–Kier alpha value is -1.13. The lowest BCUT2D eigenvalue weighted by atomic mass is 9.94. The number of aromatic nitrogens is 1. The van der Waals surface area contributed by atoms with E-state index in [4.69, 9.17) is 4.74 Å². The van der Waals surface area contributed by atoms with Crippen LogP contribution in [-0.4, -0.2) is 36.8 Å². The molecule has 1 atom stereocenters. The fourth-order valence-electron chi connectivity index (χ4n) is 3.04. The van der Waals surface area contributed by atoms with Crippen LogP contribution in [0.5, 0.6) is 0 Å². The van der Waals surface area contributed by atoms with Crippen LogP contribution in [-0.2, 0) is 17.8 Å². The predicted molar refractivity (Wildman–Crippen MR) is 76.5 cm³/mol. The highest BCUT2D eigenvalue weighted by molar-refractivity contribution is 5.54. The Kier molecular flexibility index (Phi) is 3.71. The molecular weight excluding hydrogens is 238 g/mol. The molecule has 0 bridgehead atoms. The summed E-state index contributed by atoms with van der Waals surface area (Å²) in [5.74, 6) is 1.20. The maximum absolute atomic E-state index is 5.77. The van der Waals surface area contributed by atoms with E-state index < -0.39 is 0 Å². The van der Waals surface area contributed by atoms with E-state index in [1.807, 2.05) is 6.20 Å². The highest BCUT2D eigenvalue weighted by atomic mass is 16.5. The van der Waals surface area contributed by atoms with Crippen molar-refractivity contribution in [3.8, 4) is 0 Å². The van der Waals surface area contributed by atoms with Gasteiger partial charge in [-0.05, 0) is 38.3 Å². The highest BCUT2D eigenvalue weighted by Gasteiger charge is 2.30. The van der Waals surface area contributed by atoms with Crippen LogP contribution in [0.4, 0.5) is 5.82 Å². The minimum Gasteiger partial charge on any atom is -0.374 e. The zero-order chi connectivity index (χ0) is 13.2. The van der Waals surface area contributed by atoms with Crippen LogP contribution < -0.4 is 10.2 Å². The molecule has 4 heteroatoms. The van der Waals surface area contributed by atoms with Gasteiger partial charge in [-0.15, -0.1) is 0 Å². The summed E-state index contributed by atoms with van der Waals surface area (Å²) < 4.78 is 5.77. The molecule has 0 radical (unpaired) electrons. The molecule has 104 valence electrons. The van der Waals surface area contributed by atoms with Crippen LogP contribution in [0.1, 0.15) is 31.4 Å². The second-order valence-electron chi connectivity index (χ2n) is 5.72. The van der Waals surface area contributed by atoms with Crippen molar-refractivity contribution < 1.29 is 4.74 Å². The monoisotopic (exact) mass is 261 g/mol. The van der Waals surface area contributed by atoms with Gasteiger partial charge in [0.2, 0.25) is 0 Å². The van der Waals surface area contributed by atoms with E-state index in [0.717, 1.165) is 26.1 Å². The van der Waals surface area contributed by atoms with Crippen LogP contribution in [0.25, 0.3) is 0 Å². The molecule has 2 aliphatic heterocycles. The number of nitrogens with zero attached hydrogens (tertiary/aromatic N) is 2. The van der Waals surface area contributed by atoms with E-state index in [0.29, 0.717) is 12.6 Å². The number of anilines is 1. The molecule has 0 spiro atoms. The van der Waals surface area contributed by atoms with Gasteiger partial charge in [0.05, 0.1) is 12.7 Å². The van der Waals surface area contributed by atoms with E-state index in [2.05, 4.69) is 35.1 Å². The molecule has 1 saturated heterocycles. The third-order valence-corrected chi connectivity index (χ3v) is 4.05. The molecule has 1 fully saturated rings. The summed E-state index contributed by atoms with van der Waals surface area (Å²) in [5.41, 5.74) is 2.72. The fourth-order valence-corrected chi connectivity index (χ4v) is 3.04. The van der Waals surface area contributed by atoms with Crippen LogP contribution in [0.15, 0.2) is 12.3 Å². The number of rotatable bonds is 3. The largest absolute Gasteiger partial charge is 0.374 e. The van der Waals surface area contributed by atoms with Gasteiger partial charge in [-0.1, -0.05) is 0 Å². The topological polar surface area (TPSA) is 37.4 Å². The van der Waals surface area contributed by atoms with Gasteiger partial charge < -0.3 is 15.0 Å². The Morgan fingerprint density at radius 2 is 2.42 bits per heavy atom. The van der Waals surface area contributed by atoms with Crippen LogP contribution in [0.2, 0.25) is 0 Å². The van der Waals surface area contributed by atoms with Gasteiger partial charge in [0.15, 0.2) is 0 Å². The Bertz CT molecular complexity index is 447. The first-order valence-electron chi connectivity index (χ1n) is 7.31. The number of fused-ring (bicyclic) bond motifs is 3. The summed E-state index contributed by atoms with van der Waals surface area (Å²) in [6.07, 6.45) is 4.56. The molecule has 3 rings (SSSR count). The van der Waals surface area contributed by atoms with Gasteiger partial charge in [-0.2, -0.15) is 0 Å². The van der Waals surface area contributed by atoms with Crippen LogP contribution in [0, 0.1) is 0 Å². The summed E-state index contributed by atoms with van der Waals surface area (Å²) in [4.78, 5) is 7.11. The number of pyridine rings is 1. The lowest BCUT2D eigenvalue weighted by Crippen LogP contribution is -2.53. The second kappa shape index (κ2) is 5.47. The van der Waals surface area contributed by atoms with Gasteiger partial charge >= 0.3 is 0 Å². The lowest BCUT2D eigenvalue weighted by molar-refractivity contribution is 0.0651. The van der Waals surface area contributed by atoms with E-state index in [9.17, 15) is 0 Å². The Balaban J connectivity index is 1.86. The van der Waals surface area contributed by atoms with Crippen molar-refractivity contribution in [2.75, 3.05) is 24.5 Å². The van der Waals surface area contributed by atoms with Crippen molar-refractivity contribution in [3.63, 3.8) is 0 Å². The fraction of sp³-hybridized carbons (Fsp3) is 0.667. The molecular formula is C15H23N3O. The Morgan fingerprint density at radius 3 is 3.26 bits per heavy atom. The van der Waals surface area contributed by atoms with E-state index >= 15 is 0 Å². The number of hydrogen-bond acceptors (Lipinski definition) is 4. The molecule has 4 nitrogen and oxygen atoms in total. The molecule has 0 aliphatic carbocycles. The van der Waals surface area contributed by atoms with Crippen molar-refractivity contribution in [1.29, 1.82) is 0 Å². The maximum Gasteiger partial charge on any atom is 0.132 e. The number of nitrogens with one attached hydrogen (secondary N) is 1. The second-order valence-corrected chi connectivity index (χ2v) is 5.72. The Morgan fingerprint density at radius 1 is 1.53 bits per heavy atom. The normalized spacial score (nSPS) is 22.3. The number of ether oxygens (including phenoxy) is 1. The smallest absolute Gasteiger partial charge is 0.132 e. The van der Waals surface area contributed by atoms with Gasteiger partial charge in [0, 0.05) is 37.4 Å². The molecule has 2 aliphatic rings. The van der Waals surface area contributed by atoms with E-state index in [-0.39, 0.29) is 6.10 Å². The first kappa shape index (κ1) is 12.9. The first-order valence-corrected chi connectivity index (χ1v) is 7.31. The lowest BCUT2D eigenvalue weighted by Gasteiger charge is -2.41. The van der Waals surface area contributed by atoms with Crippen molar-refractivity contribution in [2.45, 2.75) is 45.4 Å². The molecule has 0 aromatic carbocycles. The highest BCUT2D eigenvalue weighted by Crippen LogP contribution is 2.31. The summed E-state index contributed by atoms with van der Waals surface area (Å²) in [7, 11) is 0. The predicted octanol–water partition coefficient (Wildman–Crippen LogP) is 1.73. The van der Waals surface area contributed by atoms with Crippen molar-refractivity contribution in [2.24, 2.45) is 0 Å². The summed E-state index contributed by atoms with van der Waals surface area (Å²) >= 11 is 0. The molecule has 3 heterocycles. The molecule has 0 saturated carbocycles. The van der Waals surface area contributed by atoms with Gasteiger partial charge in [-0.3, -0.25) is 0 Å². The van der Waals surface area contributed by atoms with Crippen molar-refractivity contribution in [1.82, 2.24) is 10.3 Å². The summed E-state index contributed by atoms with van der Waals surface area (Å²) in [6.45, 7) is 8.09. The van der Waals surface area contributed by atoms with Gasteiger partial charge in [0.25, 0.3) is 0 Å². The zero-order valence-electron chi connectivity index (χ0n) is 11.9. The quantitative estimate of drug-likeness (QED) is 0.899. The van der Waals surface area contributed by atoms with Crippen LogP contribution >= 0.6 is 0 Å². The summed E-state index contributed by atoms with van der Waals surface area (Å²) in [6, 6.07) is 2.74. The summed E-state index contributed by atoms with van der Waals surface area (Å²) in [5, 5.41) is 3.48. The Labute approximate surface area is 115 Å². The van der Waals surface area contributed by atoms with Gasteiger partial charge in [0.1, 0.15) is 5.82 Å². The molecule has 1 aromatic heterocycles. The standard InChI is InChI=1S/C15H23N3O/c1-11(2)19-10-12-5-6-17-15-14(12)4-3-13-9-16-7-8-18(13)15/h5-6,11,13,16H,3-4,7-10H2,1-2H3. The van der Waals surface area contributed by atoms with Crippen molar-refractivity contribution >= 4 is 5.82 Å². The minimum atomic E-state index is 0.277. The number of piperazine rings is 1. The zero-order valence-corrected chi connectivity index (χ0v) is 11.9. The third-order valence-electron chi connectivity index (χ3n) is 4.05. The molecule has 1 unspecified atom stereocenters. The minimum absolute atomic E-state index is 0.277. The first-order chi connectivity index (χ1) is 9.25. The van der Waals surface area contributed by atoms with Crippen LogP contribution in [0.3, 0.4) is 0 Å². The molecule has 19 heavy (non-hydrogen) atoms. The van der Waals surface area contributed by atoms with Crippen molar-refractivity contribution in [3.05, 3.63) is 23.4 Å². The maximum atomic E-state index is 5.77. The third kappa shape index (κ3) is 2.60.